The molecule has 2 N–H and O–H groups in total. The van der Waals surface area contributed by atoms with E-state index in [0.717, 1.165) is 0 Å². The molecule has 2 bridgehead atoms. The maximum absolute atomic E-state index is 15.2. The van der Waals surface area contributed by atoms with Gasteiger partial charge < -0.3 is 29.9 Å². The second kappa shape index (κ2) is 11.0. The number of alkyl halides is 4. The van der Waals surface area contributed by atoms with Crippen LogP contribution in [0.15, 0.2) is 18.3 Å². The summed E-state index contributed by atoms with van der Waals surface area (Å²) in [7, 11) is 0. The summed E-state index contributed by atoms with van der Waals surface area (Å²) in [5, 5.41) is 15.0. The van der Waals surface area contributed by atoms with Gasteiger partial charge in [0.05, 0.1) is 12.6 Å². The van der Waals surface area contributed by atoms with Gasteiger partial charge in [-0.3, -0.25) is 14.4 Å². The van der Waals surface area contributed by atoms with Crippen LogP contribution in [0, 0.1) is 40.4 Å². The van der Waals surface area contributed by atoms with Crippen molar-refractivity contribution in [1.29, 1.82) is 5.26 Å². The molecule has 3 aliphatic heterocycles. The van der Waals surface area contributed by atoms with Gasteiger partial charge in [0.25, 0.3) is 5.91 Å². The van der Waals surface area contributed by atoms with Gasteiger partial charge in [-0.1, -0.05) is 20.8 Å². The Morgan fingerprint density at radius 3 is 2.65 bits per heavy atom. The molecule has 4 heterocycles. The Kier molecular flexibility index (Phi) is 7.59. The number of fused-ring (bicyclic) bond motifs is 6. The molecule has 6 rings (SSSR count). The van der Waals surface area contributed by atoms with Gasteiger partial charge in [-0.15, -0.1) is 0 Å². The number of halogens is 4. The smallest absolute Gasteiger partial charge is 0.422 e. The largest absolute Gasteiger partial charge is 0.472 e. The van der Waals surface area contributed by atoms with Crippen LogP contribution in [0.25, 0.3) is 0 Å². The summed E-state index contributed by atoms with van der Waals surface area (Å²) in [5.41, 5.74) is -2.66. The number of alkyl carbamates (subject to hydrolysis) is 1. The number of nitrogens with zero attached hydrogens (tertiary/aromatic N) is 4. The number of pyridine rings is 1. The van der Waals surface area contributed by atoms with E-state index in [2.05, 4.69) is 26.4 Å². The molecule has 9 atom stereocenters. The van der Waals surface area contributed by atoms with Crippen LogP contribution in [0.5, 0.6) is 5.75 Å². The Morgan fingerprint density at radius 2 is 1.98 bits per heavy atom. The minimum absolute atomic E-state index is 0.0614. The van der Waals surface area contributed by atoms with Gasteiger partial charge in [0.2, 0.25) is 17.4 Å². The molecule has 1 aromatic rings. The summed E-state index contributed by atoms with van der Waals surface area (Å²) >= 11 is 0. The number of nitrogens with one attached hydrogen (secondary N) is 2. The Bertz CT molecular complexity index is 1490. The van der Waals surface area contributed by atoms with Gasteiger partial charge in [0.15, 0.2) is 18.2 Å². The van der Waals surface area contributed by atoms with Crippen LogP contribution in [0.2, 0.25) is 0 Å². The molecule has 2 saturated heterocycles. The fraction of sp³-hybridized carbons (Fsp3) is 0.667. The molecular weight excluding hydrogens is 616 g/mol. The Morgan fingerprint density at radius 1 is 1.24 bits per heavy atom. The van der Waals surface area contributed by atoms with Crippen LogP contribution in [-0.2, 0) is 19.1 Å². The number of aromatic nitrogens is 1. The average molecular weight is 651 g/mol. The van der Waals surface area contributed by atoms with Crippen LogP contribution in [-0.4, -0.2) is 94.4 Å². The maximum atomic E-state index is 15.2. The number of hydrogen-bond acceptors (Lipinski definition) is 8. The molecule has 16 heteroatoms. The third kappa shape index (κ3) is 5.37. The third-order valence-electron chi connectivity index (χ3n) is 10.0. The minimum Gasteiger partial charge on any atom is -0.472 e. The maximum Gasteiger partial charge on any atom is 0.422 e. The van der Waals surface area contributed by atoms with Crippen molar-refractivity contribution in [3.05, 3.63) is 18.3 Å². The van der Waals surface area contributed by atoms with Crippen molar-refractivity contribution in [2.24, 2.45) is 29.1 Å². The van der Waals surface area contributed by atoms with E-state index in [0.29, 0.717) is 6.42 Å². The highest BCUT2D eigenvalue weighted by Crippen LogP contribution is 2.59. The molecule has 46 heavy (non-hydrogen) atoms. The lowest BCUT2D eigenvalue weighted by molar-refractivity contribution is -0.161. The molecule has 0 radical (unpaired) electrons. The summed E-state index contributed by atoms with van der Waals surface area (Å²) in [6.45, 7) is 2.66. The highest BCUT2D eigenvalue weighted by Gasteiger charge is 2.65. The zero-order chi connectivity index (χ0) is 33.3. The highest BCUT2D eigenvalue weighted by atomic mass is 19.4. The first kappa shape index (κ1) is 31.8. The van der Waals surface area contributed by atoms with Crippen LogP contribution >= 0.6 is 0 Å². The third-order valence-corrected chi connectivity index (χ3v) is 10.0. The summed E-state index contributed by atoms with van der Waals surface area (Å²) < 4.78 is 63.7. The number of hydrogen-bond donors (Lipinski definition) is 2. The molecule has 248 valence electrons. The van der Waals surface area contributed by atoms with Crippen molar-refractivity contribution in [2.45, 2.75) is 76.1 Å². The Balaban J connectivity index is 1.31. The molecule has 5 aliphatic rings. The molecule has 1 spiro atoms. The molecule has 2 aliphatic carbocycles. The molecule has 9 unspecified atom stereocenters. The summed E-state index contributed by atoms with van der Waals surface area (Å²) in [4.78, 5) is 61.1. The minimum atomic E-state index is -4.79. The SMILES string of the molecule is CC(C)(C)C(NC(=O)OCC(F)(F)F)C(=O)N1CC2C3CC(F)C(C3)C2C1C(=O)N1CC2(CC1C#N)Oc1cccnc1NC2=O. The van der Waals surface area contributed by atoms with Crippen LogP contribution in [0.3, 0.4) is 0 Å². The van der Waals surface area contributed by atoms with Crippen LogP contribution < -0.4 is 15.4 Å². The first-order chi connectivity index (χ1) is 21.5. The van der Waals surface area contributed by atoms with Crippen molar-refractivity contribution in [3.63, 3.8) is 0 Å². The van der Waals surface area contributed by atoms with Gasteiger partial charge >= 0.3 is 12.3 Å². The zero-order valence-electron chi connectivity index (χ0n) is 25.3. The predicted molar refractivity (Wildman–Crippen MR) is 149 cm³/mol. The van der Waals surface area contributed by atoms with Gasteiger partial charge in [-0.05, 0) is 54.1 Å². The number of nitriles is 1. The average Bonchev–Trinajstić information content (AvgIpc) is 3.73. The van der Waals surface area contributed by atoms with Gasteiger partial charge in [0, 0.05) is 19.2 Å². The quantitative estimate of drug-likeness (QED) is 0.472. The lowest BCUT2D eigenvalue weighted by atomic mass is 9.77. The number of anilines is 1. The van der Waals surface area contributed by atoms with E-state index in [-0.39, 0.29) is 49.3 Å². The topological polar surface area (TPSA) is 154 Å². The number of amides is 4. The normalized spacial score (nSPS) is 33.5. The van der Waals surface area contributed by atoms with E-state index in [4.69, 9.17) is 4.74 Å². The number of carbonyl (C=O) groups excluding carboxylic acids is 4. The summed E-state index contributed by atoms with van der Waals surface area (Å²) in [6, 6.07) is 1.49. The van der Waals surface area contributed by atoms with Crippen molar-refractivity contribution in [2.75, 3.05) is 25.0 Å². The van der Waals surface area contributed by atoms with Crippen LogP contribution in [0.1, 0.15) is 40.0 Å². The lowest BCUT2D eigenvalue weighted by Crippen LogP contribution is -2.60. The predicted octanol–water partition coefficient (Wildman–Crippen LogP) is 2.80. The lowest BCUT2D eigenvalue weighted by Gasteiger charge is -2.38. The Labute approximate surface area is 261 Å². The van der Waals surface area contributed by atoms with Gasteiger partial charge in [-0.25, -0.2) is 14.2 Å². The first-order valence-electron chi connectivity index (χ1n) is 15.1. The van der Waals surface area contributed by atoms with E-state index in [1.54, 1.807) is 32.9 Å². The monoisotopic (exact) mass is 650 g/mol. The highest BCUT2D eigenvalue weighted by molar-refractivity contribution is 6.01. The van der Waals surface area contributed by atoms with Crippen molar-refractivity contribution in [1.82, 2.24) is 20.1 Å². The molecule has 2 saturated carbocycles. The van der Waals surface area contributed by atoms with Crippen LogP contribution in [0.4, 0.5) is 28.2 Å². The number of rotatable bonds is 4. The van der Waals surface area contributed by atoms with Crippen molar-refractivity contribution in [3.8, 4) is 11.8 Å². The second-order valence-corrected chi connectivity index (χ2v) is 13.9. The van der Waals surface area contributed by atoms with E-state index in [1.807, 2.05) is 0 Å². The van der Waals surface area contributed by atoms with E-state index >= 15 is 4.39 Å². The molecular formula is C30H34F4N6O6. The van der Waals surface area contributed by atoms with Gasteiger partial charge in [-0.2, -0.15) is 18.4 Å². The molecule has 1 aromatic heterocycles. The van der Waals surface area contributed by atoms with Crippen molar-refractivity contribution < 1.29 is 46.2 Å². The standard InChI is InChI=1S/C30H34F4N6O6/c1-28(2,3)22(37-27(44)45-13-30(32,33)34)25(42)39-11-17-14-7-16(18(31)8-14)20(17)21(39)24(41)40-12-29(9-15(40)10-35)26(43)38-23-19(46-29)5-4-6-36-23/h4-6,14-18,20-22H,7-9,11-13H2,1-3H3,(H,37,44)(H,36,38,43). The summed E-state index contributed by atoms with van der Waals surface area (Å²) in [5.74, 6) is -3.00. The van der Waals surface area contributed by atoms with E-state index in [1.165, 1.54) is 16.0 Å². The fourth-order valence-electron chi connectivity index (χ4n) is 8.04. The summed E-state index contributed by atoms with van der Waals surface area (Å²) in [6.07, 6.45) is -5.32. The van der Waals surface area contributed by atoms with Gasteiger partial charge in [0.1, 0.15) is 24.3 Å². The van der Waals surface area contributed by atoms with E-state index in [9.17, 15) is 37.6 Å². The second-order valence-electron chi connectivity index (χ2n) is 13.9. The molecule has 0 aromatic carbocycles. The molecule has 4 amide bonds. The number of ether oxygens (including phenoxy) is 2. The van der Waals surface area contributed by atoms with E-state index < -0.39 is 83.7 Å². The first-order valence-corrected chi connectivity index (χ1v) is 15.1. The number of carbonyl (C=O) groups is 4. The molecule has 12 nitrogen and oxygen atoms in total. The number of likely N-dealkylation sites (tertiary alicyclic amines) is 2. The fourth-order valence-corrected chi connectivity index (χ4v) is 8.04. The zero-order valence-corrected chi connectivity index (χ0v) is 25.3. The van der Waals surface area contributed by atoms with Crippen molar-refractivity contribution >= 4 is 29.6 Å². The molecule has 4 fully saturated rings. The Hall–Kier alpha value is -4.16.